The third-order valence-electron chi connectivity index (χ3n) is 1.97. The van der Waals surface area contributed by atoms with E-state index in [-0.39, 0.29) is 16.3 Å². The molecular formula is C10H12BrNO4S2. The lowest BCUT2D eigenvalue weighted by atomic mass is 10.4. The van der Waals surface area contributed by atoms with Crippen molar-refractivity contribution < 1.29 is 17.9 Å². The van der Waals surface area contributed by atoms with E-state index in [1.807, 2.05) is 0 Å². The van der Waals surface area contributed by atoms with Crippen LogP contribution in [0.2, 0.25) is 0 Å². The van der Waals surface area contributed by atoms with Crippen molar-refractivity contribution >= 4 is 43.3 Å². The Morgan fingerprint density at radius 2 is 2.33 bits per heavy atom. The largest absolute Gasteiger partial charge is 0.465 e. The molecule has 1 aromatic heterocycles. The van der Waals surface area contributed by atoms with Gasteiger partial charge < -0.3 is 4.74 Å². The zero-order valence-corrected chi connectivity index (χ0v) is 12.8. The van der Waals surface area contributed by atoms with Crippen LogP contribution in [0.5, 0.6) is 0 Å². The van der Waals surface area contributed by atoms with E-state index in [0.29, 0.717) is 10.2 Å². The van der Waals surface area contributed by atoms with Crippen molar-refractivity contribution in [2.45, 2.75) is 11.3 Å². The lowest BCUT2D eigenvalue weighted by Crippen LogP contribution is -2.24. The summed E-state index contributed by atoms with van der Waals surface area (Å²) in [6.45, 7) is 3.77. The molecule has 8 heteroatoms. The van der Waals surface area contributed by atoms with E-state index in [1.54, 1.807) is 6.08 Å². The summed E-state index contributed by atoms with van der Waals surface area (Å²) >= 11 is 4.15. The molecule has 0 saturated heterocycles. The topological polar surface area (TPSA) is 72.5 Å². The Hall–Kier alpha value is -0.700. The van der Waals surface area contributed by atoms with Crippen LogP contribution in [-0.2, 0) is 14.8 Å². The number of methoxy groups -OCH3 is 1. The maximum Gasteiger partial charge on any atom is 0.348 e. The number of nitrogens with one attached hydrogen (secondary N) is 1. The van der Waals surface area contributed by atoms with Crippen LogP contribution in [0.1, 0.15) is 16.1 Å². The van der Waals surface area contributed by atoms with E-state index < -0.39 is 16.0 Å². The first kappa shape index (κ1) is 15.4. The molecule has 0 atom stereocenters. The van der Waals surface area contributed by atoms with Crippen molar-refractivity contribution in [3.05, 3.63) is 27.4 Å². The number of esters is 1. The number of carbonyl (C=O) groups is 1. The van der Waals surface area contributed by atoms with Crippen LogP contribution >= 0.6 is 27.3 Å². The highest BCUT2D eigenvalue weighted by Crippen LogP contribution is 2.31. The molecule has 0 aliphatic rings. The minimum absolute atomic E-state index is 0.0389. The number of carbonyl (C=O) groups excluding carboxylic acids is 1. The summed E-state index contributed by atoms with van der Waals surface area (Å²) in [4.78, 5) is 11.6. The van der Waals surface area contributed by atoms with Crippen molar-refractivity contribution in [3.8, 4) is 0 Å². The van der Waals surface area contributed by atoms with Gasteiger partial charge in [0.1, 0.15) is 9.77 Å². The molecule has 0 bridgehead atoms. The highest BCUT2D eigenvalue weighted by Gasteiger charge is 2.23. The monoisotopic (exact) mass is 353 g/mol. The number of rotatable bonds is 6. The summed E-state index contributed by atoms with van der Waals surface area (Å²) < 4.78 is 31.2. The Bertz CT molecular complexity index is 550. The minimum atomic E-state index is -3.63. The lowest BCUT2D eigenvalue weighted by Gasteiger charge is -2.03. The fourth-order valence-electron chi connectivity index (χ4n) is 1.11. The van der Waals surface area contributed by atoms with E-state index in [4.69, 9.17) is 0 Å². The molecule has 1 aromatic rings. The summed E-state index contributed by atoms with van der Waals surface area (Å²) in [5.41, 5.74) is 0. The third-order valence-corrected chi connectivity index (χ3v) is 5.67. The van der Waals surface area contributed by atoms with Gasteiger partial charge in [-0.25, -0.2) is 17.9 Å². The van der Waals surface area contributed by atoms with Gasteiger partial charge in [0.2, 0.25) is 10.0 Å². The van der Waals surface area contributed by atoms with Gasteiger partial charge in [0.15, 0.2) is 0 Å². The molecule has 0 aliphatic carbocycles. The first-order chi connectivity index (χ1) is 8.42. The molecule has 0 aromatic carbocycles. The van der Waals surface area contributed by atoms with Crippen LogP contribution in [0.15, 0.2) is 27.4 Å². The van der Waals surface area contributed by atoms with Crippen molar-refractivity contribution in [1.82, 2.24) is 4.72 Å². The number of ether oxygens (including phenoxy) is 1. The van der Waals surface area contributed by atoms with Gasteiger partial charge in [-0.2, -0.15) is 0 Å². The van der Waals surface area contributed by atoms with E-state index >= 15 is 0 Å². The molecule has 1 rings (SSSR count). The van der Waals surface area contributed by atoms with Crippen LogP contribution in [0.25, 0.3) is 0 Å². The second kappa shape index (κ2) is 6.46. The number of hydrogen-bond acceptors (Lipinski definition) is 5. The second-order valence-electron chi connectivity index (χ2n) is 3.22. The number of sulfonamides is 1. The highest BCUT2D eigenvalue weighted by atomic mass is 79.9. The normalized spacial score (nSPS) is 11.2. The molecular weight excluding hydrogens is 342 g/mol. The first-order valence-electron chi connectivity index (χ1n) is 4.90. The molecule has 18 heavy (non-hydrogen) atoms. The smallest absolute Gasteiger partial charge is 0.348 e. The molecule has 0 amide bonds. The maximum absolute atomic E-state index is 11.9. The van der Waals surface area contributed by atoms with Gasteiger partial charge in [-0.3, -0.25) is 0 Å². The molecule has 1 heterocycles. The molecule has 0 unspecified atom stereocenters. The van der Waals surface area contributed by atoms with Gasteiger partial charge in [0.05, 0.1) is 10.9 Å². The Balaban J connectivity index is 2.98. The number of thiophene rings is 1. The van der Waals surface area contributed by atoms with E-state index in [1.165, 1.54) is 13.2 Å². The summed E-state index contributed by atoms with van der Waals surface area (Å²) in [5.74, 6) is -0.562. The van der Waals surface area contributed by atoms with Crippen LogP contribution in [0, 0.1) is 0 Å². The standard InChI is InChI=1S/C10H12BrNO4S2/c1-3-4-5-12-18(14,15)8-6-7(10(13)16-2)17-9(8)11/h3,6,12H,1,4-5H2,2H3. The van der Waals surface area contributed by atoms with Crippen molar-refractivity contribution in [3.63, 3.8) is 0 Å². The van der Waals surface area contributed by atoms with E-state index in [0.717, 1.165) is 11.3 Å². The summed E-state index contributed by atoms with van der Waals surface area (Å²) in [5, 5.41) is 0. The summed E-state index contributed by atoms with van der Waals surface area (Å²) in [6.07, 6.45) is 2.15. The van der Waals surface area contributed by atoms with Crippen molar-refractivity contribution in [2.24, 2.45) is 0 Å². The molecule has 0 spiro atoms. The average molecular weight is 354 g/mol. The lowest BCUT2D eigenvalue weighted by molar-refractivity contribution is 0.0606. The molecule has 0 aliphatic heterocycles. The van der Waals surface area contributed by atoms with E-state index in [9.17, 15) is 13.2 Å². The van der Waals surface area contributed by atoms with Crippen LogP contribution < -0.4 is 4.72 Å². The summed E-state index contributed by atoms with van der Waals surface area (Å²) in [7, 11) is -2.38. The van der Waals surface area contributed by atoms with Gasteiger partial charge in [-0.05, 0) is 28.4 Å². The predicted octanol–water partition coefficient (Wildman–Crippen LogP) is 2.15. The highest BCUT2D eigenvalue weighted by molar-refractivity contribution is 9.11. The summed E-state index contributed by atoms with van der Waals surface area (Å²) in [6, 6.07) is 1.29. The molecule has 0 fully saturated rings. The van der Waals surface area contributed by atoms with Gasteiger partial charge in [0, 0.05) is 6.54 Å². The van der Waals surface area contributed by atoms with E-state index in [2.05, 4.69) is 32.0 Å². The van der Waals surface area contributed by atoms with Crippen LogP contribution in [-0.4, -0.2) is 28.0 Å². The first-order valence-corrected chi connectivity index (χ1v) is 8.00. The Morgan fingerprint density at radius 1 is 1.67 bits per heavy atom. The maximum atomic E-state index is 11.9. The van der Waals surface area contributed by atoms with Gasteiger partial charge in [-0.15, -0.1) is 17.9 Å². The number of halogens is 1. The quantitative estimate of drug-likeness (QED) is 0.483. The van der Waals surface area contributed by atoms with Crippen LogP contribution in [0.3, 0.4) is 0 Å². The zero-order valence-electron chi connectivity index (χ0n) is 9.60. The fourth-order valence-corrected chi connectivity index (χ4v) is 4.64. The average Bonchev–Trinajstić information content (AvgIpc) is 2.71. The Kier molecular flexibility index (Phi) is 5.51. The van der Waals surface area contributed by atoms with Gasteiger partial charge in [-0.1, -0.05) is 6.08 Å². The molecule has 0 saturated carbocycles. The second-order valence-corrected chi connectivity index (χ2v) is 7.32. The predicted molar refractivity (Wildman–Crippen MR) is 73.4 cm³/mol. The Labute approximate surface area is 118 Å². The Morgan fingerprint density at radius 3 is 2.89 bits per heavy atom. The molecule has 100 valence electrons. The van der Waals surface area contributed by atoms with Crippen LogP contribution in [0.4, 0.5) is 0 Å². The minimum Gasteiger partial charge on any atom is -0.465 e. The SMILES string of the molecule is C=CCCNS(=O)(=O)c1cc(C(=O)OC)sc1Br. The van der Waals surface area contributed by atoms with Crippen molar-refractivity contribution in [2.75, 3.05) is 13.7 Å². The fraction of sp³-hybridized carbons (Fsp3) is 0.300. The van der Waals surface area contributed by atoms with Gasteiger partial charge in [0.25, 0.3) is 0 Å². The third kappa shape index (κ3) is 3.64. The molecule has 1 N–H and O–H groups in total. The molecule has 0 radical (unpaired) electrons. The van der Waals surface area contributed by atoms with Crippen molar-refractivity contribution in [1.29, 1.82) is 0 Å². The molecule has 5 nitrogen and oxygen atoms in total. The van der Waals surface area contributed by atoms with Gasteiger partial charge >= 0.3 is 5.97 Å². The zero-order chi connectivity index (χ0) is 13.8. The number of hydrogen-bond donors (Lipinski definition) is 1.